The molecule has 1 aliphatic carbocycles. The van der Waals surface area contributed by atoms with Gasteiger partial charge in [0.2, 0.25) is 0 Å². The van der Waals surface area contributed by atoms with Crippen LogP contribution in [0, 0.1) is 11.3 Å². The Morgan fingerprint density at radius 2 is 1.81 bits per heavy atom. The molecular formula is C17H27NO2S. The fourth-order valence-electron chi connectivity index (χ4n) is 3.29. The molecule has 2 rings (SSSR count). The zero-order valence-electron chi connectivity index (χ0n) is 13.2. The van der Waals surface area contributed by atoms with Gasteiger partial charge in [-0.15, -0.1) is 0 Å². The standard InChI is InChI=1S/C17H27NO2S/c1-4-17(2,3)13-10-11-15(18)16(12-13)21(19,20)14-8-6-5-7-9-14/h5-9,13,15-16H,4,10-12,18H2,1-3H3. The van der Waals surface area contributed by atoms with Crippen molar-refractivity contribution in [1.29, 1.82) is 0 Å². The van der Waals surface area contributed by atoms with E-state index in [2.05, 4.69) is 20.8 Å². The summed E-state index contributed by atoms with van der Waals surface area (Å²) >= 11 is 0. The zero-order valence-corrected chi connectivity index (χ0v) is 14.1. The van der Waals surface area contributed by atoms with Crippen molar-refractivity contribution >= 4 is 9.84 Å². The Morgan fingerprint density at radius 3 is 2.38 bits per heavy atom. The molecule has 2 N–H and O–H groups in total. The molecule has 1 fully saturated rings. The topological polar surface area (TPSA) is 60.2 Å². The molecule has 1 saturated carbocycles. The number of hydrogen-bond donors (Lipinski definition) is 1. The van der Waals surface area contributed by atoms with Crippen LogP contribution in [0.5, 0.6) is 0 Å². The summed E-state index contributed by atoms with van der Waals surface area (Å²) in [6, 6.07) is 8.48. The molecule has 3 atom stereocenters. The van der Waals surface area contributed by atoms with Crippen LogP contribution in [-0.2, 0) is 9.84 Å². The van der Waals surface area contributed by atoms with Crippen molar-refractivity contribution in [2.45, 2.75) is 62.6 Å². The Morgan fingerprint density at radius 1 is 1.19 bits per heavy atom. The molecule has 1 aromatic rings. The predicted molar refractivity (Wildman–Crippen MR) is 86.8 cm³/mol. The largest absolute Gasteiger partial charge is 0.327 e. The molecule has 21 heavy (non-hydrogen) atoms. The Balaban J connectivity index is 2.29. The molecule has 0 amide bonds. The van der Waals surface area contributed by atoms with E-state index in [1.807, 2.05) is 6.07 Å². The van der Waals surface area contributed by atoms with E-state index in [-0.39, 0.29) is 11.5 Å². The summed E-state index contributed by atoms with van der Waals surface area (Å²) in [7, 11) is -3.34. The van der Waals surface area contributed by atoms with E-state index >= 15 is 0 Å². The molecule has 0 heterocycles. The van der Waals surface area contributed by atoms with Crippen molar-refractivity contribution in [3.8, 4) is 0 Å². The van der Waals surface area contributed by atoms with Crippen LogP contribution < -0.4 is 5.73 Å². The Bertz CT molecular complexity index is 566. The molecule has 4 heteroatoms. The highest BCUT2D eigenvalue weighted by molar-refractivity contribution is 7.92. The molecule has 3 nitrogen and oxygen atoms in total. The Hall–Kier alpha value is -0.870. The average Bonchev–Trinajstić information content (AvgIpc) is 2.48. The van der Waals surface area contributed by atoms with Crippen LogP contribution in [0.2, 0.25) is 0 Å². The summed E-state index contributed by atoms with van der Waals surface area (Å²) < 4.78 is 25.8. The van der Waals surface area contributed by atoms with Crippen LogP contribution in [0.15, 0.2) is 35.2 Å². The molecule has 1 aromatic carbocycles. The van der Waals surface area contributed by atoms with Crippen molar-refractivity contribution in [3.05, 3.63) is 30.3 Å². The lowest BCUT2D eigenvalue weighted by atomic mass is 9.69. The molecule has 1 aliphatic rings. The van der Waals surface area contributed by atoms with Gasteiger partial charge in [-0.05, 0) is 42.7 Å². The molecule has 0 aromatic heterocycles. The summed E-state index contributed by atoms with van der Waals surface area (Å²) in [5.41, 5.74) is 6.34. The Kier molecular flexibility index (Phi) is 4.79. The highest BCUT2D eigenvalue weighted by Crippen LogP contribution is 2.42. The number of hydrogen-bond acceptors (Lipinski definition) is 3. The maximum atomic E-state index is 12.9. The summed E-state index contributed by atoms with van der Waals surface area (Å²) in [6.07, 6.45) is 3.57. The van der Waals surface area contributed by atoms with Gasteiger partial charge in [0.25, 0.3) is 0 Å². The normalized spacial score (nSPS) is 27.5. The maximum absolute atomic E-state index is 12.9. The van der Waals surface area contributed by atoms with Gasteiger partial charge in [-0.1, -0.05) is 45.4 Å². The third-order valence-corrected chi connectivity index (χ3v) is 7.60. The fraction of sp³-hybridized carbons (Fsp3) is 0.647. The van der Waals surface area contributed by atoms with Gasteiger partial charge in [0, 0.05) is 6.04 Å². The summed E-state index contributed by atoms with van der Waals surface area (Å²) in [5.74, 6) is 0.422. The van der Waals surface area contributed by atoms with E-state index in [9.17, 15) is 8.42 Å². The molecule has 0 spiro atoms. The summed E-state index contributed by atoms with van der Waals surface area (Å²) in [6.45, 7) is 6.65. The first-order valence-corrected chi connectivity index (χ1v) is 9.38. The van der Waals surface area contributed by atoms with E-state index in [1.165, 1.54) is 0 Å². The van der Waals surface area contributed by atoms with Gasteiger partial charge in [-0.25, -0.2) is 8.42 Å². The van der Waals surface area contributed by atoms with Gasteiger partial charge in [-0.3, -0.25) is 0 Å². The van der Waals surface area contributed by atoms with Crippen LogP contribution >= 0.6 is 0 Å². The molecular weight excluding hydrogens is 282 g/mol. The van der Waals surface area contributed by atoms with Gasteiger partial charge in [0.1, 0.15) is 0 Å². The Labute approximate surface area is 128 Å². The highest BCUT2D eigenvalue weighted by atomic mass is 32.2. The van der Waals surface area contributed by atoms with Crippen LogP contribution in [0.25, 0.3) is 0 Å². The van der Waals surface area contributed by atoms with Gasteiger partial charge in [-0.2, -0.15) is 0 Å². The first kappa shape index (κ1) is 16.5. The van der Waals surface area contributed by atoms with Crippen LogP contribution in [-0.4, -0.2) is 19.7 Å². The first-order chi connectivity index (χ1) is 9.79. The maximum Gasteiger partial charge on any atom is 0.182 e. The van der Waals surface area contributed by atoms with E-state index in [4.69, 9.17) is 5.73 Å². The van der Waals surface area contributed by atoms with Crippen LogP contribution in [0.3, 0.4) is 0 Å². The van der Waals surface area contributed by atoms with E-state index < -0.39 is 15.1 Å². The van der Waals surface area contributed by atoms with Crippen molar-refractivity contribution in [3.63, 3.8) is 0 Å². The highest BCUT2D eigenvalue weighted by Gasteiger charge is 2.42. The minimum Gasteiger partial charge on any atom is -0.327 e. The smallest absolute Gasteiger partial charge is 0.182 e. The zero-order chi connectivity index (χ0) is 15.7. The van der Waals surface area contributed by atoms with Crippen molar-refractivity contribution < 1.29 is 8.42 Å². The van der Waals surface area contributed by atoms with Gasteiger partial charge < -0.3 is 5.73 Å². The monoisotopic (exact) mass is 309 g/mol. The lowest BCUT2D eigenvalue weighted by Crippen LogP contribution is -2.47. The molecule has 118 valence electrons. The number of benzene rings is 1. The lowest BCUT2D eigenvalue weighted by molar-refractivity contribution is 0.146. The van der Waals surface area contributed by atoms with Crippen molar-refractivity contribution in [2.24, 2.45) is 17.1 Å². The minimum atomic E-state index is -3.34. The molecule has 0 bridgehead atoms. The van der Waals surface area contributed by atoms with Gasteiger partial charge in [0.05, 0.1) is 10.1 Å². The lowest BCUT2D eigenvalue weighted by Gasteiger charge is -2.41. The SMILES string of the molecule is CCC(C)(C)C1CCC(N)C(S(=O)(=O)c2ccccc2)C1. The second kappa shape index (κ2) is 6.09. The molecule has 0 aliphatic heterocycles. The minimum absolute atomic E-state index is 0.171. The average molecular weight is 309 g/mol. The second-order valence-electron chi connectivity index (χ2n) is 6.91. The molecule has 0 saturated heterocycles. The number of rotatable bonds is 4. The van der Waals surface area contributed by atoms with Crippen LogP contribution in [0.1, 0.15) is 46.5 Å². The van der Waals surface area contributed by atoms with E-state index in [1.54, 1.807) is 24.3 Å². The van der Waals surface area contributed by atoms with Gasteiger partial charge in [0.15, 0.2) is 9.84 Å². The predicted octanol–water partition coefficient (Wildman–Crippen LogP) is 3.39. The number of nitrogens with two attached hydrogens (primary N) is 1. The second-order valence-corrected chi connectivity index (χ2v) is 9.08. The quantitative estimate of drug-likeness (QED) is 0.927. The van der Waals surface area contributed by atoms with E-state index in [0.29, 0.717) is 17.2 Å². The summed E-state index contributed by atoms with van der Waals surface area (Å²) in [5, 5.41) is -0.454. The summed E-state index contributed by atoms with van der Waals surface area (Å²) in [4.78, 5) is 0.403. The third kappa shape index (κ3) is 3.32. The van der Waals surface area contributed by atoms with Crippen LogP contribution in [0.4, 0.5) is 0 Å². The molecule has 0 radical (unpaired) electrons. The van der Waals surface area contributed by atoms with Gasteiger partial charge >= 0.3 is 0 Å². The first-order valence-electron chi connectivity index (χ1n) is 7.83. The third-order valence-electron chi connectivity index (χ3n) is 5.33. The van der Waals surface area contributed by atoms with E-state index in [0.717, 1.165) is 19.3 Å². The number of sulfone groups is 1. The molecule has 3 unspecified atom stereocenters. The van der Waals surface area contributed by atoms with Crippen molar-refractivity contribution in [2.75, 3.05) is 0 Å². The van der Waals surface area contributed by atoms with Crippen molar-refractivity contribution in [1.82, 2.24) is 0 Å². The fourth-order valence-corrected chi connectivity index (χ4v) is 5.26.